The van der Waals surface area contributed by atoms with Gasteiger partial charge in [0.1, 0.15) is 5.82 Å². The topological polar surface area (TPSA) is 60.9 Å². The first kappa shape index (κ1) is 11.0. The first-order valence-electron chi connectivity index (χ1n) is 4.39. The van der Waals surface area contributed by atoms with Crippen LogP contribution in [0.2, 0.25) is 10.0 Å². The fourth-order valence-electron chi connectivity index (χ4n) is 1.21. The normalized spacial score (nSPS) is 10.4. The summed E-state index contributed by atoms with van der Waals surface area (Å²) < 4.78 is 1.15. The fraction of sp³-hybridized carbons (Fsp3) is 0. The molecule has 0 unspecified atom stereocenters. The van der Waals surface area contributed by atoms with Crippen LogP contribution in [-0.2, 0) is 0 Å². The molecule has 1 aromatic heterocycles. The van der Waals surface area contributed by atoms with E-state index in [0.29, 0.717) is 15.6 Å². The Hall–Kier alpha value is -1.52. The minimum Gasteiger partial charge on any atom is -0.382 e. The van der Waals surface area contributed by atoms with Crippen LogP contribution in [0.5, 0.6) is 0 Å². The second-order valence-electron chi connectivity index (χ2n) is 3.12. The van der Waals surface area contributed by atoms with Crippen LogP contribution in [0, 0.1) is 0 Å². The largest absolute Gasteiger partial charge is 0.382 e. The quantitative estimate of drug-likeness (QED) is 0.852. The van der Waals surface area contributed by atoms with E-state index in [1.807, 2.05) is 0 Å². The molecule has 2 rings (SSSR count). The molecule has 82 valence electrons. The molecule has 0 aliphatic rings. The number of nitrogens with two attached hydrogens (primary N) is 1. The molecule has 0 atom stereocenters. The van der Waals surface area contributed by atoms with Gasteiger partial charge in [-0.2, -0.15) is 0 Å². The number of carbonyl (C=O) groups is 1. The lowest BCUT2D eigenvalue weighted by atomic mass is 10.2. The average molecular weight is 256 g/mol. The van der Waals surface area contributed by atoms with Crippen molar-refractivity contribution in [1.29, 1.82) is 0 Å². The van der Waals surface area contributed by atoms with Crippen LogP contribution in [0.3, 0.4) is 0 Å². The van der Waals surface area contributed by atoms with Gasteiger partial charge in [0.2, 0.25) is 0 Å². The van der Waals surface area contributed by atoms with Crippen molar-refractivity contribution in [2.24, 2.45) is 0 Å². The standard InChI is InChI=1S/C10H7Cl2N3O/c11-7-2-1-6(5-8(7)12)10(16)15-4-3-9(13)14-15/h1-5H,(H2,13,14). The van der Waals surface area contributed by atoms with Crippen LogP contribution >= 0.6 is 23.2 Å². The summed E-state index contributed by atoms with van der Waals surface area (Å²) >= 11 is 11.6. The highest BCUT2D eigenvalue weighted by molar-refractivity contribution is 6.42. The molecular weight excluding hydrogens is 249 g/mol. The highest BCUT2D eigenvalue weighted by atomic mass is 35.5. The Morgan fingerprint density at radius 3 is 2.56 bits per heavy atom. The monoisotopic (exact) mass is 255 g/mol. The fourth-order valence-corrected chi connectivity index (χ4v) is 1.51. The molecule has 0 aliphatic heterocycles. The SMILES string of the molecule is Nc1ccn(C(=O)c2ccc(Cl)c(Cl)c2)n1. The Labute approximate surface area is 102 Å². The zero-order chi connectivity index (χ0) is 11.7. The van der Waals surface area contributed by atoms with Crippen LogP contribution < -0.4 is 5.73 Å². The zero-order valence-electron chi connectivity index (χ0n) is 8.02. The predicted octanol–water partition coefficient (Wildman–Crippen LogP) is 2.46. The summed E-state index contributed by atoms with van der Waals surface area (Å²) in [5.41, 5.74) is 5.82. The first-order valence-corrected chi connectivity index (χ1v) is 5.14. The summed E-state index contributed by atoms with van der Waals surface area (Å²) in [6.07, 6.45) is 1.49. The van der Waals surface area contributed by atoms with Gasteiger partial charge in [0.05, 0.1) is 10.0 Å². The van der Waals surface area contributed by atoms with E-state index in [-0.39, 0.29) is 11.7 Å². The molecule has 6 heteroatoms. The van der Waals surface area contributed by atoms with Crippen LogP contribution in [0.25, 0.3) is 0 Å². The Morgan fingerprint density at radius 2 is 2.00 bits per heavy atom. The van der Waals surface area contributed by atoms with Gasteiger partial charge in [0.15, 0.2) is 0 Å². The number of benzene rings is 1. The van der Waals surface area contributed by atoms with E-state index in [4.69, 9.17) is 28.9 Å². The lowest BCUT2D eigenvalue weighted by Crippen LogP contribution is -2.12. The third kappa shape index (κ3) is 2.03. The maximum absolute atomic E-state index is 11.9. The van der Waals surface area contributed by atoms with Gasteiger partial charge in [-0.1, -0.05) is 23.2 Å². The average Bonchev–Trinajstić information content (AvgIpc) is 2.68. The summed E-state index contributed by atoms with van der Waals surface area (Å²) in [6, 6.07) is 6.16. The van der Waals surface area contributed by atoms with Crippen molar-refractivity contribution in [3.8, 4) is 0 Å². The molecule has 0 saturated carbocycles. The molecule has 1 aromatic carbocycles. The van der Waals surface area contributed by atoms with Crippen LogP contribution in [0.4, 0.5) is 5.82 Å². The predicted molar refractivity (Wildman–Crippen MR) is 62.8 cm³/mol. The second-order valence-corrected chi connectivity index (χ2v) is 3.93. The summed E-state index contributed by atoms with van der Waals surface area (Å²) in [5, 5.41) is 4.54. The van der Waals surface area contributed by atoms with E-state index in [0.717, 1.165) is 4.68 Å². The van der Waals surface area contributed by atoms with Gasteiger partial charge in [-0.15, -0.1) is 5.10 Å². The first-order chi connectivity index (χ1) is 7.58. The van der Waals surface area contributed by atoms with Gasteiger partial charge in [0, 0.05) is 17.8 Å². The molecule has 0 spiro atoms. The minimum absolute atomic E-state index is 0.286. The molecule has 1 heterocycles. The molecule has 2 aromatic rings. The Morgan fingerprint density at radius 1 is 1.25 bits per heavy atom. The van der Waals surface area contributed by atoms with Crippen molar-refractivity contribution in [3.63, 3.8) is 0 Å². The molecule has 0 bridgehead atoms. The van der Waals surface area contributed by atoms with Crippen molar-refractivity contribution in [2.45, 2.75) is 0 Å². The van der Waals surface area contributed by atoms with Crippen molar-refractivity contribution in [3.05, 3.63) is 46.1 Å². The van der Waals surface area contributed by atoms with Gasteiger partial charge in [-0.25, -0.2) is 4.68 Å². The molecule has 0 aliphatic carbocycles. The van der Waals surface area contributed by atoms with Gasteiger partial charge in [-0.05, 0) is 18.2 Å². The van der Waals surface area contributed by atoms with Gasteiger partial charge < -0.3 is 5.73 Å². The van der Waals surface area contributed by atoms with E-state index in [1.54, 1.807) is 12.1 Å². The number of hydrogen-bond donors (Lipinski definition) is 1. The molecule has 0 radical (unpaired) electrons. The molecular formula is C10H7Cl2N3O. The Bertz CT molecular complexity index is 551. The number of aromatic nitrogens is 2. The Kier molecular flexibility index (Phi) is 2.85. The lowest BCUT2D eigenvalue weighted by Gasteiger charge is -2.02. The number of hydrogen-bond acceptors (Lipinski definition) is 3. The summed E-state index contributed by atoms with van der Waals surface area (Å²) in [7, 11) is 0. The molecule has 16 heavy (non-hydrogen) atoms. The third-order valence-electron chi connectivity index (χ3n) is 1.98. The van der Waals surface area contributed by atoms with Gasteiger partial charge >= 0.3 is 0 Å². The molecule has 0 saturated heterocycles. The summed E-state index contributed by atoms with van der Waals surface area (Å²) in [6.45, 7) is 0. The number of carbonyl (C=O) groups excluding carboxylic acids is 1. The van der Waals surface area contributed by atoms with Crippen molar-refractivity contribution >= 4 is 34.9 Å². The van der Waals surface area contributed by atoms with E-state index >= 15 is 0 Å². The molecule has 4 nitrogen and oxygen atoms in total. The highest BCUT2D eigenvalue weighted by Crippen LogP contribution is 2.22. The second kappa shape index (κ2) is 4.15. The maximum atomic E-state index is 11.9. The van der Waals surface area contributed by atoms with Crippen molar-refractivity contribution < 1.29 is 4.79 Å². The van der Waals surface area contributed by atoms with Crippen LogP contribution in [0.1, 0.15) is 10.4 Å². The number of halogens is 2. The van der Waals surface area contributed by atoms with Gasteiger partial charge in [0.25, 0.3) is 5.91 Å². The van der Waals surface area contributed by atoms with Gasteiger partial charge in [-0.3, -0.25) is 4.79 Å². The minimum atomic E-state index is -0.310. The van der Waals surface area contributed by atoms with Crippen LogP contribution in [0.15, 0.2) is 30.5 Å². The van der Waals surface area contributed by atoms with E-state index in [2.05, 4.69) is 5.10 Å². The zero-order valence-corrected chi connectivity index (χ0v) is 9.53. The lowest BCUT2D eigenvalue weighted by molar-refractivity contribution is 0.0945. The summed E-state index contributed by atoms with van der Waals surface area (Å²) in [5.74, 6) is -0.0244. The molecule has 0 amide bonds. The number of nitrogens with zero attached hydrogens (tertiary/aromatic N) is 2. The summed E-state index contributed by atoms with van der Waals surface area (Å²) in [4.78, 5) is 11.9. The van der Waals surface area contributed by atoms with E-state index in [1.165, 1.54) is 18.3 Å². The Balaban J connectivity index is 2.38. The third-order valence-corrected chi connectivity index (χ3v) is 2.72. The molecule has 2 N–H and O–H groups in total. The van der Waals surface area contributed by atoms with E-state index < -0.39 is 0 Å². The smallest absolute Gasteiger partial charge is 0.278 e. The number of nitrogen functional groups attached to an aromatic ring is 1. The highest BCUT2D eigenvalue weighted by Gasteiger charge is 2.11. The van der Waals surface area contributed by atoms with Crippen molar-refractivity contribution in [2.75, 3.05) is 5.73 Å². The van der Waals surface area contributed by atoms with Crippen LogP contribution in [-0.4, -0.2) is 15.7 Å². The molecule has 0 fully saturated rings. The maximum Gasteiger partial charge on any atom is 0.278 e. The number of anilines is 1. The van der Waals surface area contributed by atoms with Crippen molar-refractivity contribution in [1.82, 2.24) is 9.78 Å². The van der Waals surface area contributed by atoms with E-state index in [9.17, 15) is 4.79 Å². The number of rotatable bonds is 1.